The van der Waals surface area contributed by atoms with Gasteiger partial charge in [0, 0.05) is 24.7 Å². The van der Waals surface area contributed by atoms with Crippen molar-refractivity contribution >= 4 is 0 Å². The van der Waals surface area contributed by atoms with Gasteiger partial charge in [0.1, 0.15) is 0 Å². The van der Waals surface area contributed by atoms with E-state index in [0.29, 0.717) is 0 Å². The fraction of sp³-hybridized carbons (Fsp3) is 1.00. The molecule has 0 amide bonds. The Morgan fingerprint density at radius 2 is 1.86 bits per heavy atom. The summed E-state index contributed by atoms with van der Waals surface area (Å²) >= 11 is 0. The van der Waals surface area contributed by atoms with E-state index in [1.54, 1.807) is 0 Å². The van der Waals surface area contributed by atoms with Crippen LogP contribution in [0.2, 0.25) is 0 Å². The van der Waals surface area contributed by atoms with Crippen molar-refractivity contribution < 1.29 is 0 Å². The molecule has 0 aromatic carbocycles. The first-order chi connectivity index (χ1) is 6.65. The minimum Gasteiger partial charge on any atom is -0.317 e. The number of piperidine rings is 1. The Hall–Kier alpha value is -0.0800. The number of hydrogen-bond acceptors (Lipinski definition) is 2. The molecule has 2 nitrogen and oxygen atoms in total. The van der Waals surface area contributed by atoms with E-state index in [1.165, 1.54) is 19.4 Å². The van der Waals surface area contributed by atoms with Gasteiger partial charge in [-0.1, -0.05) is 13.8 Å². The van der Waals surface area contributed by atoms with Gasteiger partial charge >= 0.3 is 0 Å². The summed E-state index contributed by atoms with van der Waals surface area (Å²) in [6.07, 6.45) is 2.76. The lowest BCUT2D eigenvalue weighted by molar-refractivity contribution is 0.0767. The van der Waals surface area contributed by atoms with E-state index in [1.807, 2.05) is 0 Å². The van der Waals surface area contributed by atoms with Crippen LogP contribution in [0.5, 0.6) is 0 Å². The van der Waals surface area contributed by atoms with Gasteiger partial charge in [0.15, 0.2) is 0 Å². The van der Waals surface area contributed by atoms with E-state index < -0.39 is 0 Å². The molecule has 2 aliphatic rings. The summed E-state index contributed by atoms with van der Waals surface area (Å²) in [5.41, 5.74) is 0. The van der Waals surface area contributed by atoms with Gasteiger partial charge in [-0.3, -0.25) is 4.90 Å². The predicted molar refractivity (Wildman–Crippen MR) is 60.4 cm³/mol. The largest absolute Gasteiger partial charge is 0.317 e. The first kappa shape index (κ1) is 10.4. The topological polar surface area (TPSA) is 15.3 Å². The summed E-state index contributed by atoms with van der Waals surface area (Å²) in [6, 6.07) is 2.40. The van der Waals surface area contributed by atoms with Crippen LogP contribution < -0.4 is 5.32 Å². The smallest absolute Gasteiger partial charge is 0.0127 e. The molecule has 5 unspecified atom stereocenters. The van der Waals surface area contributed by atoms with Crippen molar-refractivity contribution in [3.8, 4) is 0 Å². The van der Waals surface area contributed by atoms with Gasteiger partial charge in [-0.25, -0.2) is 0 Å². The Balaban J connectivity index is 1.96. The van der Waals surface area contributed by atoms with Gasteiger partial charge in [0.05, 0.1) is 0 Å². The highest BCUT2D eigenvalue weighted by Crippen LogP contribution is 2.39. The SMILES string of the molecule is CNC1CCN(C2CC2C)C(C)C1C. The molecule has 0 radical (unpaired) electrons. The van der Waals surface area contributed by atoms with Crippen molar-refractivity contribution in [3.05, 3.63) is 0 Å². The van der Waals surface area contributed by atoms with E-state index >= 15 is 0 Å². The quantitative estimate of drug-likeness (QED) is 0.723. The maximum atomic E-state index is 3.45. The summed E-state index contributed by atoms with van der Waals surface area (Å²) < 4.78 is 0. The van der Waals surface area contributed by atoms with Crippen molar-refractivity contribution in [3.63, 3.8) is 0 Å². The first-order valence-electron chi connectivity index (χ1n) is 6.08. The molecule has 82 valence electrons. The Morgan fingerprint density at radius 1 is 1.21 bits per heavy atom. The van der Waals surface area contributed by atoms with Gasteiger partial charge in [-0.05, 0) is 38.6 Å². The second kappa shape index (κ2) is 3.82. The minimum absolute atomic E-state index is 0.732. The lowest BCUT2D eigenvalue weighted by atomic mass is 9.87. The molecule has 5 atom stereocenters. The third-order valence-electron chi connectivity index (χ3n) is 4.48. The molecule has 1 saturated carbocycles. The zero-order valence-electron chi connectivity index (χ0n) is 9.96. The highest BCUT2D eigenvalue weighted by molar-refractivity contribution is 4.99. The fourth-order valence-electron chi connectivity index (χ4n) is 3.03. The zero-order chi connectivity index (χ0) is 10.3. The first-order valence-corrected chi connectivity index (χ1v) is 6.08. The van der Waals surface area contributed by atoms with Gasteiger partial charge in [0.2, 0.25) is 0 Å². The number of likely N-dealkylation sites (tertiary alicyclic amines) is 1. The van der Waals surface area contributed by atoms with Crippen LogP contribution in [-0.4, -0.2) is 36.6 Å². The van der Waals surface area contributed by atoms with Gasteiger partial charge < -0.3 is 5.32 Å². The summed E-state index contributed by atoms with van der Waals surface area (Å²) in [5, 5.41) is 3.45. The average molecular weight is 196 g/mol. The van der Waals surface area contributed by atoms with Crippen LogP contribution in [0.15, 0.2) is 0 Å². The number of hydrogen-bond donors (Lipinski definition) is 1. The van der Waals surface area contributed by atoms with Crippen molar-refractivity contribution in [1.82, 2.24) is 10.2 Å². The average Bonchev–Trinajstić information content (AvgIpc) is 2.87. The molecule has 1 aliphatic carbocycles. The van der Waals surface area contributed by atoms with Crippen molar-refractivity contribution in [2.24, 2.45) is 11.8 Å². The highest BCUT2D eigenvalue weighted by Gasteiger charge is 2.43. The van der Waals surface area contributed by atoms with Gasteiger partial charge in [-0.2, -0.15) is 0 Å². The van der Waals surface area contributed by atoms with Crippen LogP contribution in [-0.2, 0) is 0 Å². The molecule has 14 heavy (non-hydrogen) atoms. The molecular weight excluding hydrogens is 172 g/mol. The molecule has 0 aromatic rings. The van der Waals surface area contributed by atoms with E-state index in [4.69, 9.17) is 0 Å². The highest BCUT2D eigenvalue weighted by atomic mass is 15.2. The summed E-state index contributed by atoms with van der Waals surface area (Å²) in [7, 11) is 2.10. The second-order valence-corrected chi connectivity index (χ2v) is 5.30. The van der Waals surface area contributed by atoms with Crippen LogP contribution in [0, 0.1) is 11.8 Å². The van der Waals surface area contributed by atoms with E-state index in [2.05, 4.69) is 38.0 Å². The monoisotopic (exact) mass is 196 g/mol. The van der Waals surface area contributed by atoms with E-state index in [9.17, 15) is 0 Å². The van der Waals surface area contributed by atoms with E-state index in [-0.39, 0.29) is 0 Å². The fourth-order valence-corrected chi connectivity index (χ4v) is 3.03. The third kappa shape index (κ3) is 1.70. The van der Waals surface area contributed by atoms with Crippen LogP contribution in [0.25, 0.3) is 0 Å². The van der Waals surface area contributed by atoms with Gasteiger partial charge in [-0.15, -0.1) is 0 Å². The van der Waals surface area contributed by atoms with Crippen LogP contribution in [0.4, 0.5) is 0 Å². The third-order valence-corrected chi connectivity index (χ3v) is 4.48. The molecular formula is C12H24N2. The summed E-state index contributed by atoms with van der Waals surface area (Å²) in [5.74, 6) is 1.75. The van der Waals surface area contributed by atoms with Crippen molar-refractivity contribution in [2.45, 2.75) is 51.7 Å². The molecule has 0 spiro atoms. The number of nitrogens with one attached hydrogen (secondary N) is 1. The standard InChI is InChI=1S/C12H24N2/c1-8-7-12(8)14-6-5-11(13-4)9(2)10(14)3/h8-13H,5-7H2,1-4H3. The molecule has 0 bridgehead atoms. The summed E-state index contributed by atoms with van der Waals surface area (Å²) in [6.45, 7) is 8.47. The molecule has 1 heterocycles. The molecule has 1 saturated heterocycles. The maximum Gasteiger partial charge on any atom is 0.0127 e. The van der Waals surface area contributed by atoms with Crippen LogP contribution in [0.1, 0.15) is 33.6 Å². The molecule has 2 heteroatoms. The minimum atomic E-state index is 0.732. The lowest BCUT2D eigenvalue weighted by Crippen LogP contribution is -2.53. The van der Waals surface area contributed by atoms with Crippen LogP contribution in [0.3, 0.4) is 0 Å². The Labute approximate surface area is 88.1 Å². The molecule has 2 fully saturated rings. The molecule has 1 N–H and O–H groups in total. The molecule has 2 rings (SSSR count). The lowest BCUT2D eigenvalue weighted by Gasteiger charge is -2.43. The molecule has 1 aliphatic heterocycles. The molecule has 0 aromatic heterocycles. The second-order valence-electron chi connectivity index (χ2n) is 5.30. The van der Waals surface area contributed by atoms with Gasteiger partial charge in [0.25, 0.3) is 0 Å². The normalized spacial score (nSPS) is 49.3. The predicted octanol–water partition coefficient (Wildman–Crippen LogP) is 1.71. The van der Waals surface area contributed by atoms with E-state index in [0.717, 1.165) is 30.0 Å². The maximum absolute atomic E-state index is 3.45. The van der Waals surface area contributed by atoms with Crippen molar-refractivity contribution in [1.29, 1.82) is 0 Å². The zero-order valence-corrected chi connectivity index (χ0v) is 9.96. The Morgan fingerprint density at radius 3 is 2.36 bits per heavy atom. The number of nitrogens with zero attached hydrogens (tertiary/aromatic N) is 1. The Kier molecular flexibility index (Phi) is 2.85. The summed E-state index contributed by atoms with van der Waals surface area (Å²) in [4.78, 5) is 2.74. The Bertz CT molecular complexity index is 204. The number of rotatable bonds is 2. The van der Waals surface area contributed by atoms with Crippen molar-refractivity contribution in [2.75, 3.05) is 13.6 Å². The van der Waals surface area contributed by atoms with Crippen LogP contribution >= 0.6 is 0 Å².